The summed E-state index contributed by atoms with van der Waals surface area (Å²) in [5.41, 5.74) is 6.53. The van der Waals surface area contributed by atoms with Crippen LogP contribution >= 0.6 is 11.3 Å². The van der Waals surface area contributed by atoms with Crippen molar-refractivity contribution in [1.29, 1.82) is 5.41 Å². The first kappa shape index (κ1) is 13.5. The predicted octanol–water partition coefficient (Wildman–Crippen LogP) is 0.864. The number of aryl methyl sites for hydroxylation is 1. The molecular formula is C12H20N4OS. The Balaban J connectivity index is 1.94. The van der Waals surface area contributed by atoms with Crippen molar-refractivity contribution in [2.45, 2.75) is 19.8 Å². The summed E-state index contributed by atoms with van der Waals surface area (Å²) < 4.78 is 5.32. The number of nitrogens with one attached hydrogen (secondary N) is 1. The fraction of sp³-hybridized carbons (Fsp3) is 0.667. The lowest BCUT2D eigenvalue weighted by Gasteiger charge is -2.25. The second kappa shape index (κ2) is 6.26. The van der Waals surface area contributed by atoms with Crippen LogP contribution < -0.4 is 5.73 Å². The lowest BCUT2D eigenvalue weighted by molar-refractivity contribution is 0.0384. The summed E-state index contributed by atoms with van der Waals surface area (Å²) in [6.45, 7) is 6.73. The summed E-state index contributed by atoms with van der Waals surface area (Å²) in [5.74, 6) is 0.141. The molecule has 1 aliphatic heterocycles. The van der Waals surface area contributed by atoms with Crippen molar-refractivity contribution in [3.63, 3.8) is 0 Å². The highest BCUT2D eigenvalue weighted by atomic mass is 32.1. The van der Waals surface area contributed by atoms with E-state index >= 15 is 0 Å². The molecule has 1 aliphatic rings. The van der Waals surface area contributed by atoms with E-state index in [2.05, 4.69) is 9.88 Å². The Labute approximate surface area is 111 Å². The van der Waals surface area contributed by atoms with Crippen molar-refractivity contribution in [1.82, 2.24) is 9.88 Å². The molecule has 18 heavy (non-hydrogen) atoms. The van der Waals surface area contributed by atoms with E-state index in [1.807, 2.05) is 6.92 Å². The number of ether oxygens (including phenoxy) is 1. The minimum absolute atomic E-state index is 0.141. The van der Waals surface area contributed by atoms with Crippen LogP contribution in [0.3, 0.4) is 0 Å². The summed E-state index contributed by atoms with van der Waals surface area (Å²) in [4.78, 5) is 7.81. The first-order chi connectivity index (χ1) is 8.70. The van der Waals surface area contributed by atoms with Crippen LogP contribution in [0, 0.1) is 5.41 Å². The van der Waals surface area contributed by atoms with Crippen LogP contribution in [-0.2, 0) is 17.6 Å². The number of hydrogen-bond donors (Lipinski definition) is 2. The van der Waals surface area contributed by atoms with Crippen molar-refractivity contribution in [3.8, 4) is 0 Å². The maximum absolute atomic E-state index is 7.54. The van der Waals surface area contributed by atoms with Gasteiger partial charge in [-0.2, -0.15) is 0 Å². The number of thiazole rings is 1. The molecular weight excluding hydrogens is 248 g/mol. The van der Waals surface area contributed by atoms with E-state index in [0.717, 1.165) is 61.3 Å². The first-order valence-corrected chi connectivity index (χ1v) is 7.15. The Hall–Kier alpha value is -0.980. The van der Waals surface area contributed by atoms with Crippen LogP contribution in [0.4, 0.5) is 0 Å². The SMILES string of the molecule is CCc1nc(CCN2CCOCC2)sc1C(=N)N. The molecule has 0 aromatic carbocycles. The molecule has 0 saturated carbocycles. The number of amidine groups is 1. The van der Waals surface area contributed by atoms with Gasteiger partial charge < -0.3 is 10.5 Å². The van der Waals surface area contributed by atoms with Gasteiger partial charge in [0, 0.05) is 26.1 Å². The number of nitrogens with zero attached hydrogens (tertiary/aromatic N) is 2. The van der Waals surface area contributed by atoms with Crippen molar-refractivity contribution in [3.05, 3.63) is 15.6 Å². The third-order valence-electron chi connectivity index (χ3n) is 3.07. The molecule has 0 unspecified atom stereocenters. The van der Waals surface area contributed by atoms with E-state index in [1.165, 1.54) is 0 Å². The van der Waals surface area contributed by atoms with E-state index in [1.54, 1.807) is 11.3 Å². The number of nitrogens with two attached hydrogens (primary N) is 1. The van der Waals surface area contributed by atoms with Crippen LogP contribution in [0.2, 0.25) is 0 Å². The summed E-state index contributed by atoms with van der Waals surface area (Å²) in [7, 11) is 0. The fourth-order valence-corrected chi connectivity index (χ4v) is 3.04. The molecule has 6 heteroatoms. The average molecular weight is 268 g/mol. The molecule has 1 aromatic rings. The molecule has 2 rings (SSSR count). The van der Waals surface area contributed by atoms with Gasteiger partial charge in [-0.3, -0.25) is 10.3 Å². The molecule has 0 spiro atoms. The van der Waals surface area contributed by atoms with Gasteiger partial charge in [0.25, 0.3) is 0 Å². The largest absolute Gasteiger partial charge is 0.383 e. The minimum atomic E-state index is 0.141. The Morgan fingerprint density at radius 2 is 2.22 bits per heavy atom. The molecule has 3 N–H and O–H groups in total. The van der Waals surface area contributed by atoms with Gasteiger partial charge in [-0.15, -0.1) is 11.3 Å². The molecule has 0 radical (unpaired) electrons. The van der Waals surface area contributed by atoms with Gasteiger partial charge in [0.05, 0.1) is 28.8 Å². The molecule has 100 valence electrons. The third kappa shape index (κ3) is 3.28. The Bertz CT molecular complexity index is 412. The number of rotatable bonds is 5. The molecule has 1 saturated heterocycles. The van der Waals surface area contributed by atoms with Crippen LogP contribution in [0.15, 0.2) is 0 Å². The zero-order valence-corrected chi connectivity index (χ0v) is 11.6. The number of hydrogen-bond acceptors (Lipinski definition) is 5. The van der Waals surface area contributed by atoms with E-state index in [4.69, 9.17) is 15.9 Å². The fourth-order valence-electron chi connectivity index (χ4n) is 2.04. The van der Waals surface area contributed by atoms with Crippen LogP contribution in [-0.4, -0.2) is 48.6 Å². The Morgan fingerprint density at radius 1 is 1.50 bits per heavy atom. The van der Waals surface area contributed by atoms with E-state index in [9.17, 15) is 0 Å². The zero-order chi connectivity index (χ0) is 13.0. The smallest absolute Gasteiger partial charge is 0.135 e. The first-order valence-electron chi connectivity index (χ1n) is 6.33. The van der Waals surface area contributed by atoms with E-state index in [-0.39, 0.29) is 5.84 Å². The van der Waals surface area contributed by atoms with Gasteiger partial charge in [-0.05, 0) is 6.42 Å². The predicted molar refractivity (Wildman–Crippen MR) is 73.5 cm³/mol. The lowest BCUT2D eigenvalue weighted by Crippen LogP contribution is -2.37. The maximum Gasteiger partial charge on any atom is 0.135 e. The molecule has 0 aliphatic carbocycles. The van der Waals surface area contributed by atoms with E-state index < -0.39 is 0 Å². The highest BCUT2D eigenvalue weighted by molar-refractivity contribution is 7.13. The molecule has 0 atom stereocenters. The molecule has 5 nitrogen and oxygen atoms in total. The molecule has 1 fully saturated rings. The summed E-state index contributed by atoms with van der Waals surface area (Å²) in [6.07, 6.45) is 1.77. The van der Waals surface area contributed by atoms with Gasteiger partial charge in [-0.1, -0.05) is 6.92 Å². The van der Waals surface area contributed by atoms with Crippen LogP contribution in [0.1, 0.15) is 22.5 Å². The highest BCUT2D eigenvalue weighted by Crippen LogP contribution is 2.19. The summed E-state index contributed by atoms with van der Waals surface area (Å²) in [5, 5.41) is 8.63. The van der Waals surface area contributed by atoms with Gasteiger partial charge in [-0.25, -0.2) is 4.98 Å². The molecule has 2 heterocycles. The molecule has 1 aromatic heterocycles. The van der Waals surface area contributed by atoms with Gasteiger partial charge in [0.15, 0.2) is 0 Å². The van der Waals surface area contributed by atoms with Gasteiger partial charge in [0.2, 0.25) is 0 Å². The average Bonchev–Trinajstić information content (AvgIpc) is 2.81. The summed E-state index contributed by atoms with van der Waals surface area (Å²) >= 11 is 1.56. The molecule has 0 bridgehead atoms. The number of morpholine rings is 1. The van der Waals surface area contributed by atoms with Crippen molar-refractivity contribution >= 4 is 17.2 Å². The van der Waals surface area contributed by atoms with Crippen molar-refractivity contribution in [2.75, 3.05) is 32.8 Å². The quantitative estimate of drug-likeness (QED) is 0.613. The second-order valence-corrected chi connectivity index (χ2v) is 5.44. The molecule has 0 amide bonds. The normalized spacial score (nSPS) is 16.9. The third-order valence-corrected chi connectivity index (χ3v) is 4.26. The topological polar surface area (TPSA) is 75.2 Å². The number of aromatic nitrogens is 1. The second-order valence-electron chi connectivity index (χ2n) is 4.35. The highest BCUT2D eigenvalue weighted by Gasteiger charge is 2.14. The van der Waals surface area contributed by atoms with Crippen LogP contribution in [0.25, 0.3) is 0 Å². The van der Waals surface area contributed by atoms with Crippen LogP contribution in [0.5, 0.6) is 0 Å². The van der Waals surface area contributed by atoms with Gasteiger partial charge in [0.1, 0.15) is 5.84 Å². The minimum Gasteiger partial charge on any atom is -0.383 e. The monoisotopic (exact) mass is 268 g/mol. The van der Waals surface area contributed by atoms with Gasteiger partial charge >= 0.3 is 0 Å². The maximum atomic E-state index is 7.54. The Morgan fingerprint density at radius 3 is 2.78 bits per heavy atom. The lowest BCUT2D eigenvalue weighted by atomic mass is 10.3. The summed E-state index contributed by atoms with van der Waals surface area (Å²) in [6, 6.07) is 0. The zero-order valence-electron chi connectivity index (χ0n) is 10.7. The van der Waals surface area contributed by atoms with E-state index in [0.29, 0.717) is 0 Å². The standard InChI is InChI=1S/C12H20N4OS/c1-2-9-11(12(13)14)18-10(15-9)3-4-16-5-7-17-8-6-16/h2-8H2,1H3,(H3,13,14). The number of nitrogen functional groups attached to an aromatic ring is 1. The van der Waals surface area contributed by atoms with Crippen molar-refractivity contribution in [2.24, 2.45) is 5.73 Å². The Kier molecular flexibility index (Phi) is 4.68. The van der Waals surface area contributed by atoms with Crippen molar-refractivity contribution < 1.29 is 4.74 Å².